The molecule has 3 aromatic carbocycles. The molecule has 0 fully saturated rings. The molecule has 0 heterocycles. The van der Waals surface area contributed by atoms with Gasteiger partial charge in [0, 0.05) is 6.42 Å². The Morgan fingerprint density at radius 1 is 0.895 bits per heavy atom. The number of anilines is 1. The molecule has 9 nitrogen and oxygen atoms in total. The molecule has 0 aliphatic rings. The Morgan fingerprint density at radius 2 is 1.61 bits per heavy atom. The maximum Gasteiger partial charge on any atom is 0.340 e. The van der Waals surface area contributed by atoms with Gasteiger partial charge in [-0.25, -0.2) is 13.2 Å². The Hall–Kier alpha value is -4.05. The van der Waals surface area contributed by atoms with Crippen molar-refractivity contribution in [1.82, 2.24) is 0 Å². The van der Waals surface area contributed by atoms with Gasteiger partial charge in [-0.05, 0) is 55.3 Å². The zero-order chi connectivity index (χ0) is 27.5. The van der Waals surface area contributed by atoms with E-state index in [1.807, 2.05) is 6.07 Å². The standard InChI is InChI=1S/C28H31NO8S/c1-4-36-26(30)14-9-19-37-25-13-8-12-24(28(31)35-3)27(25)29(20-21-10-6-5-7-11-21)38(32,33)23-17-15-22(34-2)16-18-23/h5-8,10-13,15-18H,4,9,14,19-20H2,1-3H3. The number of esters is 2. The number of benzene rings is 3. The smallest absolute Gasteiger partial charge is 0.340 e. The molecule has 0 spiro atoms. The summed E-state index contributed by atoms with van der Waals surface area (Å²) in [5.74, 6) is -0.420. The maximum absolute atomic E-state index is 14.1. The van der Waals surface area contributed by atoms with Crippen LogP contribution in [0.3, 0.4) is 0 Å². The molecule has 202 valence electrons. The second-order valence-corrected chi connectivity index (χ2v) is 9.94. The quantitative estimate of drug-likeness (QED) is 0.228. The van der Waals surface area contributed by atoms with E-state index in [0.717, 1.165) is 4.31 Å². The second-order valence-electron chi connectivity index (χ2n) is 8.07. The van der Waals surface area contributed by atoms with Crippen LogP contribution in [-0.2, 0) is 30.8 Å². The van der Waals surface area contributed by atoms with Gasteiger partial charge in [-0.3, -0.25) is 9.10 Å². The molecule has 0 radical (unpaired) electrons. The molecule has 0 aliphatic carbocycles. The molecule has 3 aromatic rings. The lowest BCUT2D eigenvalue weighted by Gasteiger charge is -2.28. The van der Waals surface area contributed by atoms with Crippen molar-refractivity contribution < 1.29 is 37.0 Å². The number of hydrogen-bond donors (Lipinski definition) is 0. The Bertz CT molecular complexity index is 1320. The molecule has 0 amide bonds. The fourth-order valence-corrected chi connectivity index (χ4v) is 5.19. The zero-order valence-electron chi connectivity index (χ0n) is 21.6. The van der Waals surface area contributed by atoms with Crippen molar-refractivity contribution in [2.24, 2.45) is 0 Å². The van der Waals surface area contributed by atoms with E-state index in [-0.39, 0.29) is 54.0 Å². The third kappa shape index (κ3) is 7.04. The Kier molecular flexibility index (Phi) is 10.1. The van der Waals surface area contributed by atoms with Crippen molar-refractivity contribution in [1.29, 1.82) is 0 Å². The van der Waals surface area contributed by atoms with Gasteiger partial charge in [0.1, 0.15) is 17.2 Å². The highest BCUT2D eigenvalue weighted by Crippen LogP contribution is 2.38. The summed E-state index contributed by atoms with van der Waals surface area (Å²) in [6.45, 7) is 2.02. The van der Waals surface area contributed by atoms with Crippen LogP contribution in [0.2, 0.25) is 0 Å². The van der Waals surface area contributed by atoms with Crippen LogP contribution >= 0.6 is 0 Å². The molecular weight excluding hydrogens is 510 g/mol. The van der Waals surface area contributed by atoms with Gasteiger partial charge >= 0.3 is 11.9 Å². The number of methoxy groups -OCH3 is 2. The first-order valence-electron chi connectivity index (χ1n) is 12.0. The van der Waals surface area contributed by atoms with Crippen LogP contribution in [0.25, 0.3) is 0 Å². The van der Waals surface area contributed by atoms with Crippen molar-refractivity contribution in [3.05, 3.63) is 83.9 Å². The number of rotatable bonds is 13. The summed E-state index contributed by atoms with van der Waals surface area (Å²) in [6.07, 6.45) is 0.475. The van der Waals surface area contributed by atoms with Gasteiger partial charge in [0.05, 0.1) is 44.4 Å². The van der Waals surface area contributed by atoms with Crippen LogP contribution in [0.4, 0.5) is 5.69 Å². The monoisotopic (exact) mass is 541 g/mol. The topological polar surface area (TPSA) is 108 Å². The van der Waals surface area contributed by atoms with E-state index in [0.29, 0.717) is 17.7 Å². The number of hydrogen-bond acceptors (Lipinski definition) is 8. The van der Waals surface area contributed by atoms with E-state index in [9.17, 15) is 18.0 Å². The van der Waals surface area contributed by atoms with Crippen molar-refractivity contribution in [3.63, 3.8) is 0 Å². The minimum absolute atomic E-state index is 0.00200. The SMILES string of the molecule is CCOC(=O)CCCOc1cccc(C(=O)OC)c1N(Cc1ccccc1)S(=O)(=O)c1ccc(OC)cc1. The van der Waals surface area contributed by atoms with Gasteiger partial charge in [-0.1, -0.05) is 36.4 Å². The molecule has 0 bridgehead atoms. The summed E-state index contributed by atoms with van der Waals surface area (Å²) >= 11 is 0. The van der Waals surface area contributed by atoms with Crippen molar-refractivity contribution in [2.45, 2.75) is 31.2 Å². The lowest BCUT2D eigenvalue weighted by molar-refractivity contribution is -0.143. The molecule has 10 heteroatoms. The molecule has 0 N–H and O–H groups in total. The van der Waals surface area contributed by atoms with E-state index in [2.05, 4.69) is 0 Å². The normalized spacial score (nSPS) is 10.9. The molecule has 38 heavy (non-hydrogen) atoms. The van der Waals surface area contributed by atoms with E-state index >= 15 is 0 Å². The summed E-state index contributed by atoms with van der Waals surface area (Å²) in [6, 6.07) is 19.6. The fraction of sp³-hybridized carbons (Fsp3) is 0.286. The molecule has 0 aliphatic heterocycles. The summed E-state index contributed by atoms with van der Waals surface area (Å²) in [5.41, 5.74) is 0.746. The largest absolute Gasteiger partial charge is 0.497 e. The zero-order valence-corrected chi connectivity index (χ0v) is 22.4. The van der Waals surface area contributed by atoms with Gasteiger partial charge in [-0.15, -0.1) is 0 Å². The Morgan fingerprint density at radius 3 is 2.24 bits per heavy atom. The number of carbonyl (C=O) groups excluding carboxylic acids is 2. The molecule has 0 saturated carbocycles. The predicted octanol–water partition coefficient (Wildman–Crippen LogP) is 4.60. The van der Waals surface area contributed by atoms with E-state index in [1.165, 1.54) is 32.4 Å². The van der Waals surface area contributed by atoms with Gasteiger partial charge in [-0.2, -0.15) is 0 Å². The maximum atomic E-state index is 14.1. The molecule has 0 atom stereocenters. The predicted molar refractivity (Wildman–Crippen MR) is 142 cm³/mol. The number of nitrogens with zero attached hydrogens (tertiary/aromatic N) is 1. The summed E-state index contributed by atoms with van der Waals surface area (Å²) < 4.78 is 50.3. The third-order valence-corrected chi connectivity index (χ3v) is 7.32. The van der Waals surface area contributed by atoms with Gasteiger partial charge < -0.3 is 18.9 Å². The molecular formula is C28H31NO8S. The average molecular weight is 542 g/mol. The number of ether oxygens (including phenoxy) is 4. The number of para-hydroxylation sites is 1. The van der Waals surface area contributed by atoms with E-state index in [1.54, 1.807) is 55.5 Å². The minimum atomic E-state index is -4.20. The fourth-order valence-electron chi connectivity index (χ4n) is 3.71. The lowest BCUT2D eigenvalue weighted by atomic mass is 10.1. The minimum Gasteiger partial charge on any atom is -0.497 e. The summed E-state index contributed by atoms with van der Waals surface area (Å²) in [5, 5.41) is 0. The number of sulfonamides is 1. The van der Waals surface area contributed by atoms with Crippen molar-refractivity contribution in [3.8, 4) is 11.5 Å². The van der Waals surface area contributed by atoms with Gasteiger partial charge in [0.15, 0.2) is 0 Å². The van der Waals surface area contributed by atoms with Crippen LogP contribution in [0.5, 0.6) is 11.5 Å². The van der Waals surface area contributed by atoms with E-state index in [4.69, 9.17) is 18.9 Å². The van der Waals surface area contributed by atoms with Crippen LogP contribution in [-0.4, -0.2) is 47.8 Å². The summed E-state index contributed by atoms with van der Waals surface area (Å²) in [4.78, 5) is 24.5. The van der Waals surface area contributed by atoms with Crippen LogP contribution < -0.4 is 13.8 Å². The average Bonchev–Trinajstić information content (AvgIpc) is 2.94. The molecule has 0 aromatic heterocycles. The van der Waals surface area contributed by atoms with Crippen LogP contribution in [0.15, 0.2) is 77.7 Å². The van der Waals surface area contributed by atoms with Gasteiger partial charge in [0.25, 0.3) is 10.0 Å². The summed E-state index contributed by atoms with van der Waals surface area (Å²) in [7, 11) is -1.49. The van der Waals surface area contributed by atoms with Crippen LogP contribution in [0.1, 0.15) is 35.7 Å². The first-order valence-corrected chi connectivity index (χ1v) is 13.5. The highest BCUT2D eigenvalue weighted by Gasteiger charge is 2.32. The van der Waals surface area contributed by atoms with Crippen molar-refractivity contribution in [2.75, 3.05) is 31.7 Å². The second kappa shape index (κ2) is 13.5. The Labute approximate surface area is 222 Å². The Balaban J connectivity index is 2.10. The molecule has 3 rings (SSSR count). The highest BCUT2D eigenvalue weighted by molar-refractivity contribution is 7.92. The van der Waals surface area contributed by atoms with Gasteiger partial charge in [0.2, 0.25) is 0 Å². The van der Waals surface area contributed by atoms with E-state index < -0.39 is 16.0 Å². The van der Waals surface area contributed by atoms with Crippen LogP contribution in [0, 0.1) is 0 Å². The highest BCUT2D eigenvalue weighted by atomic mass is 32.2. The third-order valence-electron chi connectivity index (χ3n) is 5.56. The molecule has 0 saturated heterocycles. The first-order chi connectivity index (χ1) is 18.3. The molecule has 0 unspecified atom stereocenters. The number of carbonyl (C=O) groups is 2. The lowest BCUT2D eigenvalue weighted by Crippen LogP contribution is -2.32. The van der Waals surface area contributed by atoms with Crippen molar-refractivity contribution >= 4 is 27.6 Å². The first kappa shape index (κ1) is 28.5.